The van der Waals surface area contributed by atoms with Crippen LogP contribution in [0.15, 0.2) is 72.8 Å². The second-order valence-corrected chi connectivity index (χ2v) is 9.11. The fraction of sp³-hybridized carbons (Fsp3) is 0.367. The van der Waals surface area contributed by atoms with Gasteiger partial charge in [-0.3, -0.25) is 0 Å². The molecule has 7 nitrogen and oxygen atoms in total. The Morgan fingerprint density at radius 2 is 1.30 bits per heavy atom. The van der Waals surface area contributed by atoms with Crippen LogP contribution in [0.4, 0.5) is 0 Å². The summed E-state index contributed by atoms with van der Waals surface area (Å²) < 4.78 is 34.5. The number of esters is 1. The maximum atomic E-state index is 12.9. The number of rotatable bonds is 9. The molecule has 0 bridgehead atoms. The molecule has 37 heavy (non-hydrogen) atoms. The molecule has 7 heteroatoms. The van der Waals surface area contributed by atoms with Crippen molar-refractivity contribution < 1.29 is 33.2 Å². The highest BCUT2D eigenvalue weighted by Gasteiger charge is 2.20. The van der Waals surface area contributed by atoms with Gasteiger partial charge in [0.15, 0.2) is 12.6 Å². The predicted molar refractivity (Wildman–Crippen MR) is 138 cm³/mol. The van der Waals surface area contributed by atoms with Gasteiger partial charge < -0.3 is 28.4 Å². The van der Waals surface area contributed by atoms with Crippen LogP contribution in [0.5, 0.6) is 17.2 Å². The molecule has 3 aromatic rings. The first-order chi connectivity index (χ1) is 18.2. The zero-order chi connectivity index (χ0) is 25.3. The lowest BCUT2D eigenvalue weighted by Gasteiger charge is -2.25. The van der Waals surface area contributed by atoms with E-state index in [9.17, 15) is 4.79 Å². The van der Waals surface area contributed by atoms with E-state index < -0.39 is 5.97 Å². The first kappa shape index (κ1) is 25.1. The molecule has 2 heterocycles. The molecule has 0 spiro atoms. The van der Waals surface area contributed by atoms with Crippen molar-refractivity contribution in [2.75, 3.05) is 20.0 Å². The molecule has 5 rings (SSSR count). The number of benzene rings is 3. The van der Waals surface area contributed by atoms with Crippen molar-refractivity contribution in [3.8, 4) is 28.4 Å². The molecular formula is C30H32O7. The molecular weight excluding hydrogens is 472 g/mol. The molecule has 2 unspecified atom stereocenters. The second kappa shape index (κ2) is 12.6. The lowest BCUT2D eigenvalue weighted by molar-refractivity contribution is -0.109. The Hall–Kier alpha value is -3.55. The number of ether oxygens (including phenoxy) is 6. The molecule has 0 aromatic heterocycles. The van der Waals surface area contributed by atoms with Crippen molar-refractivity contribution in [2.45, 2.75) is 51.1 Å². The summed E-state index contributed by atoms with van der Waals surface area (Å²) in [7, 11) is 0. The maximum absolute atomic E-state index is 12.9. The average Bonchev–Trinajstić information content (AvgIpc) is 2.95. The summed E-state index contributed by atoms with van der Waals surface area (Å²) in [5.74, 6) is 1.05. The Balaban J connectivity index is 1.21. The Kier molecular flexibility index (Phi) is 8.56. The van der Waals surface area contributed by atoms with Crippen LogP contribution in [-0.2, 0) is 14.2 Å². The highest BCUT2D eigenvalue weighted by atomic mass is 16.7. The molecule has 0 radical (unpaired) electrons. The monoisotopic (exact) mass is 504 g/mol. The SMILES string of the molecule is O=C(OCOc1ccc(-c2ccccc2)cc1)c1cc(OC2CCCCO2)cc(OC2CCCCO2)c1. The van der Waals surface area contributed by atoms with Gasteiger partial charge in [-0.1, -0.05) is 42.5 Å². The molecule has 0 saturated carbocycles. The van der Waals surface area contributed by atoms with Gasteiger partial charge in [0, 0.05) is 18.9 Å². The minimum Gasteiger partial charge on any atom is -0.465 e. The fourth-order valence-corrected chi connectivity index (χ4v) is 4.35. The van der Waals surface area contributed by atoms with E-state index in [4.69, 9.17) is 28.4 Å². The topological polar surface area (TPSA) is 72.5 Å². The lowest BCUT2D eigenvalue weighted by atomic mass is 10.1. The van der Waals surface area contributed by atoms with E-state index in [-0.39, 0.29) is 19.4 Å². The normalized spacial score (nSPS) is 19.6. The molecule has 3 aromatic carbocycles. The van der Waals surface area contributed by atoms with Gasteiger partial charge >= 0.3 is 5.97 Å². The van der Waals surface area contributed by atoms with Crippen molar-refractivity contribution in [1.82, 2.24) is 0 Å². The minimum atomic E-state index is -0.537. The van der Waals surface area contributed by atoms with Gasteiger partial charge in [-0.05, 0) is 61.1 Å². The molecule has 2 aliphatic heterocycles. The van der Waals surface area contributed by atoms with Crippen molar-refractivity contribution in [3.05, 3.63) is 78.4 Å². The fourth-order valence-electron chi connectivity index (χ4n) is 4.35. The van der Waals surface area contributed by atoms with E-state index in [2.05, 4.69) is 0 Å². The Morgan fingerprint density at radius 1 is 0.703 bits per heavy atom. The number of hydrogen-bond acceptors (Lipinski definition) is 7. The largest absolute Gasteiger partial charge is 0.465 e. The molecule has 2 aliphatic rings. The summed E-state index contributed by atoms with van der Waals surface area (Å²) in [4.78, 5) is 12.9. The average molecular weight is 505 g/mol. The van der Waals surface area contributed by atoms with E-state index in [1.165, 1.54) is 0 Å². The third kappa shape index (κ3) is 7.24. The van der Waals surface area contributed by atoms with E-state index in [1.807, 2.05) is 54.6 Å². The molecule has 2 fully saturated rings. The maximum Gasteiger partial charge on any atom is 0.341 e. The first-order valence-electron chi connectivity index (χ1n) is 12.9. The number of carbonyl (C=O) groups excluding carboxylic acids is 1. The van der Waals surface area contributed by atoms with Gasteiger partial charge in [0.05, 0.1) is 18.8 Å². The summed E-state index contributed by atoms with van der Waals surface area (Å²) in [5, 5.41) is 0. The van der Waals surface area contributed by atoms with Gasteiger partial charge in [0.1, 0.15) is 17.2 Å². The predicted octanol–water partition coefficient (Wildman–Crippen LogP) is 6.36. The summed E-state index contributed by atoms with van der Waals surface area (Å²) in [5.41, 5.74) is 2.51. The summed E-state index contributed by atoms with van der Waals surface area (Å²) in [6, 6.07) is 22.8. The summed E-state index contributed by atoms with van der Waals surface area (Å²) in [6.07, 6.45) is 5.02. The zero-order valence-electron chi connectivity index (χ0n) is 20.8. The molecule has 2 saturated heterocycles. The minimum absolute atomic E-state index is 0.220. The molecule has 0 N–H and O–H groups in total. The Bertz CT molecular complexity index is 1100. The van der Waals surface area contributed by atoms with Gasteiger partial charge in [-0.2, -0.15) is 0 Å². The summed E-state index contributed by atoms with van der Waals surface area (Å²) in [6.45, 7) is 1.10. The van der Waals surface area contributed by atoms with Crippen molar-refractivity contribution in [1.29, 1.82) is 0 Å². The van der Waals surface area contributed by atoms with Crippen molar-refractivity contribution in [3.63, 3.8) is 0 Å². The van der Waals surface area contributed by atoms with Crippen molar-refractivity contribution in [2.24, 2.45) is 0 Å². The van der Waals surface area contributed by atoms with Crippen LogP contribution in [0.1, 0.15) is 48.9 Å². The van der Waals surface area contributed by atoms with E-state index in [1.54, 1.807) is 18.2 Å². The highest BCUT2D eigenvalue weighted by molar-refractivity contribution is 5.90. The van der Waals surface area contributed by atoms with Crippen LogP contribution in [0.25, 0.3) is 11.1 Å². The molecule has 2 atom stereocenters. The molecule has 0 aliphatic carbocycles. The Labute approximate surface area is 217 Å². The standard InChI is InChI=1S/C30H32O7/c31-30(35-21-34-25-14-12-23(13-15-25)22-8-2-1-3-9-22)24-18-26(36-28-10-4-6-16-32-28)20-27(19-24)37-29-11-5-7-17-33-29/h1-3,8-9,12-15,18-20,28-29H,4-7,10-11,16-17,21H2. The van der Waals surface area contributed by atoms with Crippen LogP contribution in [-0.4, -0.2) is 38.6 Å². The van der Waals surface area contributed by atoms with E-state index in [0.29, 0.717) is 36.0 Å². The van der Waals surface area contributed by atoms with E-state index in [0.717, 1.165) is 49.7 Å². The van der Waals surface area contributed by atoms with Crippen LogP contribution in [0.3, 0.4) is 0 Å². The Morgan fingerprint density at radius 3 is 1.86 bits per heavy atom. The summed E-state index contributed by atoms with van der Waals surface area (Å²) >= 11 is 0. The third-order valence-corrected chi connectivity index (χ3v) is 6.30. The van der Waals surface area contributed by atoms with Crippen LogP contribution >= 0.6 is 0 Å². The van der Waals surface area contributed by atoms with Gasteiger partial charge in [0.25, 0.3) is 0 Å². The van der Waals surface area contributed by atoms with E-state index >= 15 is 0 Å². The second-order valence-electron chi connectivity index (χ2n) is 9.11. The van der Waals surface area contributed by atoms with Crippen LogP contribution in [0, 0.1) is 0 Å². The molecule has 0 amide bonds. The van der Waals surface area contributed by atoms with Crippen LogP contribution < -0.4 is 14.2 Å². The first-order valence-corrected chi connectivity index (χ1v) is 12.9. The highest BCUT2D eigenvalue weighted by Crippen LogP contribution is 2.29. The smallest absolute Gasteiger partial charge is 0.341 e. The quantitative estimate of drug-likeness (QED) is 0.248. The lowest BCUT2D eigenvalue weighted by Crippen LogP contribution is -2.26. The zero-order valence-corrected chi connectivity index (χ0v) is 20.8. The van der Waals surface area contributed by atoms with Gasteiger partial charge in [0.2, 0.25) is 6.79 Å². The number of carbonyl (C=O) groups is 1. The van der Waals surface area contributed by atoms with Gasteiger partial charge in [-0.15, -0.1) is 0 Å². The number of hydrogen-bond donors (Lipinski definition) is 0. The molecule has 194 valence electrons. The van der Waals surface area contributed by atoms with Crippen molar-refractivity contribution >= 4 is 5.97 Å². The van der Waals surface area contributed by atoms with Gasteiger partial charge in [-0.25, -0.2) is 4.79 Å². The third-order valence-electron chi connectivity index (χ3n) is 6.30. The van der Waals surface area contributed by atoms with Crippen LogP contribution in [0.2, 0.25) is 0 Å².